The van der Waals surface area contributed by atoms with Crippen molar-refractivity contribution in [3.05, 3.63) is 133 Å². The quantitative estimate of drug-likeness (QED) is 0.169. The Morgan fingerprint density at radius 3 is 2.27 bits per heavy atom. The first-order valence-corrected chi connectivity index (χ1v) is 15.6. The highest BCUT2D eigenvalue weighted by atomic mass is 32.2. The molecule has 1 heterocycles. The van der Waals surface area contributed by atoms with Crippen LogP contribution in [-0.4, -0.2) is 24.4 Å². The van der Waals surface area contributed by atoms with Gasteiger partial charge in [-0.25, -0.2) is 12.8 Å². The Morgan fingerprint density at radius 1 is 0.732 bits per heavy atom. The van der Waals surface area contributed by atoms with E-state index in [0.29, 0.717) is 5.56 Å². The van der Waals surface area contributed by atoms with Crippen molar-refractivity contribution in [2.45, 2.75) is 16.3 Å². The average molecular weight is 580 g/mol. The normalized spacial score (nSPS) is 11.5. The number of fused-ring (bicyclic) bond motifs is 1. The van der Waals surface area contributed by atoms with Crippen LogP contribution in [0.1, 0.15) is 5.56 Å². The summed E-state index contributed by atoms with van der Waals surface area (Å²) in [5.41, 5.74) is 4.71. The zero-order valence-electron chi connectivity index (χ0n) is 21.9. The Morgan fingerprint density at radius 2 is 1.46 bits per heavy atom. The van der Waals surface area contributed by atoms with Gasteiger partial charge in [0.25, 0.3) is 10.0 Å². The largest absolute Gasteiger partial charge is 0.269 e. The lowest BCUT2D eigenvalue weighted by Crippen LogP contribution is -2.13. The van der Waals surface area contributed by atoms with E-state index in [2.05, 4.69) is 27.1 Å². The molecule has 0 saturated heterocycles. The molecule has 41 heavy (non-hydrogen) atoms. The molecule has 0 spiro atoms. The molecule has 5 aromatic carbocycles. The van der Waals surface area contributed by atoms with Gasteiger partial charge < -0.3 is 0 Å². The number of hydrogen-bond acceptors (Lipinski definition) is 4. The van der Waals surface area contributed by atoms with Crippen LogP contribution in [0.25, 0.3) is 33.0 Å². The van der Waals surface area contributed by atoms with Crippen LogP contribution in [0.5, 0.6) is 0 Å². The van der Waals surface area contributed by atoms with Gasteiger partial charge in [-0.2, -0.15) is 5.10 Å². The third-order valence-electron chi connectivity index (χ3n) is 6.80. The van der Waals surface area contributed by atoms with Crippen LogP contribution in [0.15, 0.2) is 131 Å². The summed E-state index contributed by atoms with van der Waals surface area (Å²) < 4.78 is 42.9. The minimum absolute atomic E-state index is 0.174. The Kier molecular flexibility index (Phi) is 7.59. The third kappa shape index (κ3) is 6.04. The molecule has 0 unspecified atom stereocenters. The molecule has 0 aliphatic heterocycles. The van der Waals surface area contributed by atoms with Crippen LogP contribution in [-0.2, 0) is 16.4 Å². The lowest BCUT2D eigenvalue weighted by atomic mass is 10.0. The van der Waals surface area contributed by atoms with Gasteiger partial charge in [0.05, 0.1) is 10.5 Å². The summed E-state index contributed by atoms with van der Waals surface area (Å²) >= 11 is 1.58. The number of halogens is 1. The SMILES string of the molecule is O=S(=O)(Nc1n[nH]c(SCCc2cccc(-c3ccc(F)cc3)c2)c1-c1ccccc1)c1ccc2ccccc2c1. The number of hydrogen-bond donors (Lipinski definition) is 2. The monoisotopic (exact) mass is 579 g/mol. The molecule has 0 bridgehead atoms. The highest BCUT2D eigenvalue weighted by molar-refractivity contribution is 7.99. The van der Waals surface area contributed by atoms with Crippen LogP contribution in [0.2, 0.25) is 0 Å². The van der Waals surface area contributed by atoms with Gasteiger partial charge in [-0.15, -0.1) is 11.8 Å². The van der Waals surface area contributed by atoms with Gasteiger partial charge in [0.15, 0.2) is 5.82 Å². The standard InChI is InChI=1S/C33H26FN3O2S2/c34-29-16-13-25(14-17-29)27-12-6-7-23(21-27)19-20-40-33-31(26-9-2-1-3-10-26)32(35-36-33)37-41(38,39)30-18-15-24-8-4-5-11-28(24)22-30/h1-18,21-22H,19-20H2,(H2,35,36,37). The van der Waals surface area contributed by atoms with E-state index < -0.39 is 10.0 Å². The summed E-state index contributed by atoms with van der Waals surface area (Å²) in [5, 5.41) is 10.0. The number of aromatic nitrogens is 2. The molecular weight excluding hydrogens is 554 g/mol. The number of H-pyrrole nitrogens is 1. The minimum Gasteiger partial charge on any atom is -0.269 e. The van der Waals surface area contributed by atoms with Crippen molar-refractivity contribution in [2.75, 3.05) is 10.5 Å². The zero-order chi connectivity index (χ0) is 28.2. The smallest absolute Gasteiger partial charge is 0.263 e. The molecule has 0 aliphatic carbocycles. The number of benzene rings is 5. The first-order valence-electron chi connectivity index (χ1n) is 13.1. The molecule has 0 fully saturated rings. The first kappa shape index (κ1) is 26.8. The first-order chi connectivity index (χ1) is 20.0. The van der Waals surface area contributed by atoms with Crippen molar-refractivity contribution in [1.82, 2.24) is 10.2 Å². The molecule has 6 aromatic rings. The summed E-state index contributed by atoms with van der Waals surface area (Å²) in [7, 11) is -3.88. The Labute approximate surface area is 242 Å². The summed E-state index contributed by atoms with van der Waals surface area (Å²) in [5.74, 6) is 0.741. The van der Waals surface area contributed by atoms with Gasteiger partial charge in [-0.3, -0.25) is 9.82 Å². The Balaban J connectivity index is 1.23. The van der Waals surface area contributed by atoms with Gasteiger partial charge in [-0.05, 0) is 63.7 Å². The van der Waals surface area contributed by atoms with E-state index in [9.17, 15) is 12.8 Å². The number of nitrogens with zero attached hydrogens (tertiary/aromatic N) is 1. The molecule has 0 amide bonds. The van der Waals surface area contributed by atoms with Crippen LogP contribution < -0.4 is 4.72 Å². The third-order valence-corrected chi connectivity index (χ3v) is 9.13. The van der Waals surface area contributed by atoms with Gasteiger partial charge in [0, 0.05) is 5.75 Å². The van der Waals surface area contributed by atoms with Crippen molar-refractivity contribution in [3.8, 4) is 22.3 Å². The topological polar surface area (TPSA) is 74.8 Å². The number of nitrogens with one attached hydrogen (secondary N) is 2. The van der Waals surface area contributed by atoms with Crippen molar-refractivity contribution in [1.29, 1.82) is 0 Å². The number of aromatic amines is 1. The molecule has 0 atom stereocenters. The van der Waals surface area contributed by atoms with E-state index >= 15 is 0 Å². The van der Waals surface area contributed by atoms with E-state index in [-0.39, 0.29) is 16.5 Å². The molecule has 5 nitrogen and oxygen atoms in total. The predicted octanol–water partition coefficient (Wildman–Crippen LogP) is 8.17. The van der Waals surface area contributed by atoms with Crippen LogP contribution in [0.4, 0.5) is 10.2 Å². The highest BCUT2D eigenvalue weighted by Gasteiger charge is 2.22. The molecule has 6 rings (SSSR count). The number of anilines is 1. The molecule has 0 saturated carbocycles. The molecule has 204 valence electrons. The van der Waals surface area contributed by atoms with Crippen molar-refractivity contribution >= 4 is 38.4 Å². The van der Waals surface area contributed by atoms with E-state index in [1.807, 2.05) is 66.7 Å². The minimum atomic E-state index is -3.88. The maximum atomic E-state index is 13.4. The molecule has 0 aliphatic rings. The maximum Gasteiger partial charge on any atom is 0.263 e. The summed E-state index contributed by atoms with van der Waals surface area (Å²) in [6, 6.07) is 37.0. The van der Waals surface area contributed by atoms with E-state index in [0.717, 1.165) is 50.2 Å². The number of rotatable bonds is 9. The number of aryl methyl sites for hydroxylation is 1. The van der Waals surface area contributed by atoms with Gasteiger partial charge >= 0.3 is 0 Å². The second-order valence-corrected chi connectivity index (χ2v) is 12.4. The fourth-order valence-corrected chi connectivity index (χ4v) is 6.78. The second-order valence-electron chi connectivity index (χ2n) is 9.56. The van der Waals surface area contributed by atoms with Crippen LogP contribution in [0.3, 0.4) is 0 Å². The summed E-state index contributed by atoms with van der Waals surface area (Å²) in [6.07, 6.45) is 0.783. The molecule has 1 aromatic heterocycles. The molecular formula is C33H26FN3O2S2. The highest BCUT2D eigenvalue weighted by Crippen LogP contribution is 2.37. The summed E-state index contributed by atoms with van der Waals surface area (Å²) in [4.78, 5) is 0.174. The predicted molar refractivity (Wildman–Crippen MR) is 165 cm³/mol. The molecule has 2 N–H and O–H groups in total. The lowest BCUT2D eigenvalue weighted by molar-refractivity contribution is 0.601. The maximum absolute atomic E-state index is 13.4. The van der Waals surface area contributed by atoms with E-state index in [1.54, 1.807) is 42.1 Å². The van der Waals surface area contributed by atoms with Gasteiger partial charge in [0.1, 0.15) is 10.8 Å². The fraction of sp³-hybridized carbons (Fsp3) is 0.0606. The van der Waals surface area contributed by atoms with Gasteiger partial charge in [0.2, 0.25) is 0 Å². The van der Waals surface area contributed by atoms with E-state index in [4.69, 9.17) is 0 Å². The second kappa shape index (κ2) is 11.6. The number of thioether (sulfide) groups is 1. The van der Waals surface area contributed by atoms with Crippen molar-refractivity contribution in [3.63, 3.8) is 0 Å². The van der Waals surface area contributed by atoms with Crippen LogP contribution in [0, 0.1) is 5.82 Å². The van der Waals surface area contributed by atoms with Crippen molar-refractivity contribution in [2.24, 2.45) is 0 Å². The number of sulfonamides is 1. The average Bonchev–Trinajstić information content (AvgIpc) is 3.39. The van der Waals surface area contributed by atoms with Crippen LogP contribution >= 0.6 is 11.8 Å². The Bertz CT molecular complexity index is 1920. The lowest BCUT2D eigenvalue weighted by Gasteiger charge is -2.10. The molecule has 0 radical (unpaired) electrons. The fourth-order valence-electron chi connectivity index (χ4n) is 4.72. The molecule has 8 heteroatoms. The van der Waals surface area contributed by atoms with E-state index in [1.165, 1.54) is 12.1 Å². The zero-order valence-corrected chi connectivity index (χ0v) is 23.6. The summed E-state index contributed by atoms with van der Waals surface area (Å²) in [6.45, 7) is 0. The Hall–Kier alpha value is -4.40. The van der Waals surface area contributed by atoms with Gasteiger partial charge in [-0.1, -0.05) is 97.1 Å². The van der Waals surface area contributed by atoms with Crippen molar-refractivity contribution < 1.29 is 12.8 Å².